The first kappa shape index (κ1) is 45.6. The van der Waals surface area contributed by atoms with Gasteiger partial charge in [-0.15, -0.1) is 0 Å². The van der Waals surface area contributed by atoms with E-state index in [2.05, 4.69) is 49.7 Å². The number of benzene rings is 4. The van der Waals surface area contributed by atoms with Crippen LogP contribution < -0.4 is 30.7 Å². The summed E-state index contributed by atoms with van der Waals surface area (Å²) in [5, 5.41) is 1.99. The van der Waals surface area contributed by atoms with E-state index in [0.717, 1.165) is 55.6 Å². The van der Waals surface area contributed by atoms with E-state index in [1.165, 1.54) is 6.33 Å². The highest BCUT2D eigenvalue weighted by molar-refractivity contribution is 6.37. The number of rotatable bonds is 2. The van der Waals surface area contributed by atoms with Gasteiger partial charge in [0.2, 0.25) is 0 Å². The number of H-pyrrole nitrogens is 4. The van der Waals surface area contributed by atoms with Gasteiger partial charge < -0.3 is 58.5 Å². The molecular formula is C50H51ClN12O8. The number of nitrogens with one attached hydrogen (secondary N) is 4. The maximum Gasteiger partial charge on any atom is 0.410 e. The summed E-state index contributed by atoms with van der Waals surface area (Å²) in [4.78, 5) is 86.6. The number of carbonyl (C=O) groups is 2. The maximum absolute atomic E-state index is 12.7. The second-order valence-corrected chi connectivity index (χ2v) is 20.4. The molecule has 4 N–H and O–H groups in total. The van der Waals surface area contributed by atoms with Gasteiger partial charge in [-0.2, -0.15) is 0 Å². The Balaban J connectivity index is 0.000000154. The fourth-order valence-corrected chi connectivity index (χ4v) is 10.1. The molecule has 4 aromatic heterocycles. The minimum absolute atomic E-state index is 0.0744. The molecule has 4 aliphatic rings. The van der Waals surface area contributed by atoms with E-state index >= 15 is 0 Å². The first-order chi connectivity index (χ1) is 34.0. The van der Waals surface area contributed by atoms with Crippen LogP contribution in [0, 0.1) is 0 Å². The van der Waals surface area contributed by atoms with Crippen LogP contribution in [-0.4, -0.2) is 138 Å². The van der Waals surface area contributed by atoms with Crippen molar-refractivity contribution in [3.05, 3.63) is 93.2 Å². The van der Waals surface area contributed by atoms with Crippen LogP contribution in [0.4, 0.5) is 21.2 Å². The lowest BCUT2D eigenvalue weighted by Gasteiger charge is -2.41. The number of fused-ring (bicyclic) bond motifs is 6. The number of imidazole rings is 2. The predicted octanol–water partition coefficient (Wildman–Crippen LogP) is 7.22. The molecule has 21 heteroatoms. The molecule has 12 rings (SSSR count). The molecule has 71 heavy (non-hydrogen) atoms. The number of aromatic nitrogens is 8. The largest absolute Gasteiger partial charge is 0.490 e. The molecule has 0 radical (unpaired) electrons. The number of ether oxygens (including phenoxy) is 4. The number of aromatic amines is 4. The third-order valence-corrected chi connectivity index (χ3v) is 13.2. The van der Waals surface area contributed by atoms with E-state index in [9.17, 15) is 19.2 Å². The zero-order valence-corrected chi connectivity index (χ0v) is 40.6. The van der Waals surface area contributed by atoms with E-state index < -0.39 is 11.2 Å². The Bertz CT molecular complexity index is 3560. The van der Waals surface area contributed by atoms with Gasteiger partial charge in [-0.3, -0.25) is 0 Å². The summed E-state index contributed by atoms with van der Waals surface area (Å²) in [6.45, 7) is 15.0. The van der Waals surface area contributed by atoms with Crippen LogP contribution in [0.25, 0.3) is 66.1 Å². The third kappa shape index (κ3) is 8.55. The van der Waals surface area contributed by atoms with Crippen LogP contribution in [0.2, 0.25) is 5.02 Å². The molecule has 2 amide bonds. The number of para-hydroxylation sites is 2. The fourth-order valence-electron chi connectivity index (χ4n) is 9.81. The molecule has 0 unspecified atom stereocenters. The molecule has 2 saturated heterocycles. The number of piperazine rings is 2. The molecule has 4 aromatic carbocycles. The van der Waals surface area contributed by atoms with Gasteiger partial charge in [0.05, 0.1) is 61.0 Å². The summed E-state index contributed by atoms with van der Waals surface area (Å²) in [7, 11) is 0. The second kappa shape index (κ2) is 17.2. The SMILES string of the molecule is CC(C)(C)OC(=O)N1CCN2c3ncnc4cc(-c5cccc6[nH]c(=O)[nH]c56)c(Cl)c(c34)OC[C@@H]2C1.CC(C)(C)OC(=O)N1CCN2c3ncnc4cc(-c5cccc6[nH]c(=O)[nH]c56)cc(c34)OC[C@@H]2C1. The number of halogens is 1. The number of hydrogen-bond acceptors (Lipinski definition) is 14. The van der Waals surface area contributed by atoms with Crippen molar-refractivity contribution < 1.29 is 28.5 Å². The number of anilines is 2. The number of hydrogen-bond donors (Lipinski definition) is 4. The topological polar surface area (TPSA) is 233 Å². The zero-order chi connectivity index (χ0) is 49.5. The fraction of sp³-hybridized carbons (Fsp3) is 0.360. The first-order valence-electron chi connectivity index (χ1n) is 23.4. The van der Waals surface area contributed by atoms with Crippen molar-refractivity contribution in [1.29, 1.82) is 0 Å². The van der Waals surface area contributed by atoms with E-state index in [1.807, 2.05) is 96.1 Å². The van der Waals surface area contributed by atoms with Crippen LogP contribution in [0.1, 0.15) is 41.5 Å². The molecule has 0 spiro atoms. The van der Waals surface area contributed by atoms with E-state index in [-0.39, 0.29) is 35.6 Å². The smallest absolute Gasteiger partial charge is 0.410 e. The van der Waals surface area contributed by atoms with E-state index in [0.29, 0.717) is 91.1 Å². The molecule has 20 nitrogen and oxygen atoms in total. The monoisotopic (exact) mass is 982 g/mol. The molecule has 2 atom stereocenters. The standard InChI is InChI=1S/C25H25ClN6O4.C25H26N6O4/c1-25(2,3)36-24(34)31-7-8-32-13(10-31)11-35-21-18-17(27-12-28-22(18)32)9-15(19(21)26)14-5-4-6-16-20(14)30-23(33)29-16;1-25(2,3)35-24(33)30-7-8-31-15(11-30)12-34-19-10-14(9-18-20(19)22(31)27-13-26-18)16-5-4-6-17-21(16)29-23(32)28-17/h4-6,9,12-13H,7-8,10-11H2,1-3H3,(H2,29,30,33);4-6,9-10,13,15H,7-8,11-12H2,1-3H3,(H2,28,29,32)/t13-;15-/m00/s1. The summed E-state index contributed by atoms with van der Waals surface area (Å²) in [6, 6.07) is 16.9. The van der Waals surface area contributed by atoms with Crippen molar-refractivity contribution in [3.8, 4) is 33.8 Å². The third-order valence-electron chi connectivity index (χ3n) is 12.9. The minimum Gasteiger partial charge on any atom is -0.490 e. The highest BCUT2D eigenvalue weighted by Gasteiger charge is 2.39. The van der Waals surface area contributed by atoms with E-state index in [1.54, 1.807) is 16.1 Å². The van der Waals surface area contributed by atoms with Crippen LogP contribution in [-0.2, 0) is 9.47 Å². The van der Waals surface area contributed by atoms with Gasteiger partial charge in [-0.05, 0) is 77.4 Å². The summed E-state index contributed by atoms with van der Waals surface area (Å²) in [6.07, 6.45) is 2.43. The summed E-state index contributed by atoms with van der Waals surface area (Å²) in [5.41, 5.74) is 5.80. The minimum atomic E-state index is -0.570. The summed E-state index contributed by atoms with van der Waals surface area (Å²) in [5.74, 6) is 2.70. The highest BCUT2D eigenvalue weighted by Crippen LogP contribution is 2.47. The van der Waals surface area contributed by atoms with Crippen molar-refractivity contribution in [2.75, 3.05) is 62.3 Å². The zero-order valence-electron chi connectivity index (χ0n) is 39.9. The van der Waals surface area contributed by atoms with Gasteiger partial charge in [0.15, 0.2) is 5.75 Å². The second-order valence-electron chi connectivity index (χ2n) is 20.0. The van der Waals surface area contributed by atoms with Crippen molar-refractivity contribution >= 4 is 79.3 Å². The van der Waals surface area contributed by atoms with Gasteiger partial charge in [0.1, 0.15) is 54.5 Å². The molecule has 4 aliphatic heterocycles. The van der Waals surface area contributed by atoms with Gasteiger partial charge in [-0.1, -0.05) is 35.9 Å². The summed E-state index contributed by atoms with van der Waals surface area (Å²) >= 11 is 6.97. The quantitative estimate of drug-likeness (QED) is 0.134. The molecule has 0 saturated carbocycles. The molecule has 366 valence electrons. The normalized spacial score (nSPS) is 17.7. The Labute approximate surface area is 410 Å². The first-order valence-corrected chi connectivity index (χ1v) is 23.8. The number of amides is 2. The van der Waals surface area contributed by atoms with Crippen molar-refractivity contribution in [2.24, 2.45) is 0 Å². The number of carbonyl (C=O) groups excluding carboxylic acids is 2. The Kier molecular flexibility index (Phi) is 11.0. The molecular weight excluding hydrogens is 932 g/mol. The summed E-state index contributed by atoms with van der Waals surface area (Å²) < 4.78 is 23.8. The highest BCUT2D eigenvalue weighted by atomic mass is 35.5. The Hall–Kier alpha value is -7.87. The Morgan fingerprint density at radius 2 is 1.15 bits per heavy atom. The van der Waals surface area contributed by atoms with Gasteiger partial charge in [0, 0.05) is 56.0 Å². The Morgan fingerprint density at radius 1 is 0.634 bits per heavy atom. The molecule has 0 bridgehead atoms. The van der Waals surface area contributed by atoms with Gasteiger partial charge >= 0.3 is 23.6 Å². The Morgan fingerprint density at radius 3 is 1.73 bits per heavy atom. The lowest BCUT2D eigenvalue weighted by molar-refractivity contribution is 0.0192. The average molecular weight is 983 g/mol. The lowest BCUT2D eigenvalue weighted by atomic mass is 10.0. The van der Waals surface area contributed by atoms with Gasteiger partial charge in [-0.25, -0.2) is 39.1 Å². The molecule has 8 aromatic rings. The van der Waals surface area contributed by atoms with Crippen LogP contribution >= 0.6 is 11.6 Å². The van der Waals surface area contributed by atoms with Gasteiger partial charge in [0.25, 0.3) is 0 Å². The molecule has 2 fully saturated rings. The molecule has 8 heterocycles. The van der Waals surface area contributed by atoms with Crippen LogP contribution in [0.5, 0.6) is 11.5 Å². The maximum atomic E-state index is 12.7. The number of nitrogens with zero attached hydrogens (tertiary/aromatic N) is 8. The predicted molar refractivity (Wildman–Crippen MR) is 269 cm³/mol. The van der Waals surface area contributed by atoms with Crippen LogP contribution in [0.15, 0.2) is 76.8 Å². The average Bonchev–Trinajstić information content (AvgIpc) is 3.81. The van der Waals surface area contributed by atoms with Crippen molar-refractivity contribution in [2.45, 2.75) is 64.8 Å². The van der Waals surface area contributed by atoms with Crippen LogP contribution in [0.3, 0.4) is 0 Å². The molecule has 0 aliphatic carbocycles. The van der Waals surface area contributed by atoms with Crippen molar-refractivity contribution in [1.82, 2.24) is 49.7 Å². The van der Waals surface area contributed by atoms with Crippen molar-refractivity contribution in [3.63, 3.8) is 0 Å². The van der Waals surface area contributed by atoms with E-state index in [4.69, 9.17) is 30.5 Å². The lowest BCUT2D eigenvalue weighted by Crippen LogP contribution is -2.57.